The maximum absolute atomic E-state index is 13.7. The number of nitrogens with zero attached hydrogens (tertiary/aromatic N) is 1. The Hall–Kier alpha value is -3.65. The molecular formula is C29H27ClN2O4S. The summed E-state index contributed by atoms with van der Waals surface area (Å²) in [5.74, 6) is -0.0710. The highest BCUT2D eigenvalue weighted by Crippen LogP contribution is 2.29. The zero-order chi connectivity index (χ0) is 26.3. The summed E-state index contributed by atoms with van der Waals surface area (Å²) in [4.78, 5) is 13.4. The van der Waals surface area contributed by atoms with Crippen LogP contribution in [0.3, 0.4) is 0 Å². The summed E-state index contributed by atoms with van der Waals surface area (Å²) in [6.07, 6.45) is 0. The van der Waals surface area contributed by atoms with E-state index in [0.717, 1.165) is 21.0 Å². The van der Waals surface area contributed by atoms with E-state index in [1.54, 1.807) is 0 Å². The summed E-state index contributed by atoms with van der Waals surface area (Å²) in [5, 5.41) is 3.20. The second-order valence-corrected chi connectivity index (χ2v) is 10.7. The van der Waals surface area contributed by atoms with Crippen molar-refractivity contribution in [3.63, 3.8) is 0 Å². The number of carbonyl (C=O) groups is 1. The molecule has 0 radical (unpaired) electrons. The summed E-state index contributed by atoms with van der Waals surface area (Å²) in [6.45, 7) is -0.362. The number of hydrogen-bond acceptors (Lipinski definition) is 4. The van der Waals surface area contributed by atoms with Gasteiger partial charge in [0.05, 0.1) is 29.6 Å². The molecule has 190 valence electrons. The fourth-order valence-electron chi connectivity index (χ4n) is 3.99. The van der Waals surface area contributed by atoms with Gasteiger partial charge < -0.3 is 10.1 Å². The molecule has 0 spiro atoms. The lowest BCUT2D eigenvalue weighted by Crippen LogP contribution is -2.41. The van der Waals surface area contributed by atoms with Gasteiger partial charge in [-0.1, -0.05) is 103 Å². The standard InChI is InChI=1S/C29H27ClN2O4S/c1-36-27-18-17-25(19-26(27)30)37(34,35)32(20-22-11-5-2-6-12-22)21-28(33)31-29(23-13-7-3-8-14-23)24-15-9-4-10-16-24/h2-19,29H,20-21H2,1H3,(H,31,33). The zero-order valence-electron chi connectivity index (χ0n) is 20.3. The first-order valence-corrected chi connectivity index (χ1v) is 13.5. The summed E-state index contributed by atoms with van der Waals surface area (Å²) in [6, 6.07) is 32.1. The summed E-state index contributed by atoms with van der Waals surface area (Å²) >= 11 is 6.22. The van der Waals surface area contributed by atoms with Crippen molar-refractivity contribution in [1.82, 2.24) is 9.62 Å². The molecule has 6 nitrogen and oxygen atoms in total. The van der Waals surface area contributed by atoms with E-state index in [9.17, 15) is 13.2 Å². The topological polar surface area (TPSA) is 75.7 Å². The van der Waals surface area contributed by atoms with E-state index in [4.69, 9.17) is 16.3 Å². The third kappa shape index (κ3) is 6.57. The van der Waals surface area contributed by atoms with Crippen molar-refractivity contribution in [2.75, 3.05) is 13.7 Å². The van der Waals surface area contributed by atoms with Crippen molar-refractivity contribution >= 4 is 27.5 Å². The smallest absolute Gasteiger partial charge is 0.243 e. The van der Waals surface area contributed by atoms with Crippen LogP contribution >= 0.6 is 11.6 Å². The normalized spacial score (nSPS) is 11.5. The average Bonchev–Trinajstić information content (AvgIpc) is 2.93. The summed E-state index contributed by atoms with van der Waals surface area (Å²) < 4.78 is 33.7. The maximum Gasteiger partial charge on any atom is 0.243 e. The van der Waals surface area contributed by atoms with Crippen molar-refractivity contribution in [1.29, 1.82) is 0 Å². The van der Waals surface area contributed by atoms with Crippen LogP contribution in [0.4, 0.5) is 0 Å². The molecule has 8 heteroatoms. The minimum absolute atomic E-state index is 0.0155. The van der Waals surface area contributed by atoms with Crippen LogP contribution in [0, 0.1) is 0 Å². The molecule has 0 bridgehead atoms. The Balaban J connectivity index is 1.64. The minimum atomic E-state index is -4.07. The van der Waals surface area contributed by atoms with Gasteiger partial charge >= 0.3 is 0 Å². The van der Waals surface area contributed by atoms with Crippen LogP contribution in [0.15, 0.2) is 114 Å². The largest absolute Gasteiger partial charge is 0.495 e. The number of hydrogen-bond donors (Lipinski definition) is 1. The highest BCUT2D eigenvalue weighted by Gasteiger charge is 2.29. The molecule has 0 saturated carbocycles. The molecule has 0 fully saturated rings. The third-order valence-corrected chi connectivity index (χ3v) is 7.94. The van der Waals surface area contributed by atoms with Crippen LogP contribution in [-0.2, 0) is 21.4 Å². The fraction of sp³-hybridized carbons (Fsp3) is 0.138. The van der Waals surface area contributed by atoms with E-state index in [1.807, 2.05) is 91.0 Å². The Morgan fingerprint density at radius 2 is 1.41 bits per heavy atom. The molecule has 0 aliphatic rings. The molecule has 0 aliphatic heterocycles. The Morgan fingerprint density at radius 3 is 1.92 bits per heavy atom. The molecule has 0 saturated heterocycles. The van der Waals surface area contributed by atoms with Crippen molar-refractivity contribution in [2.45, 2.75) is 17.5 Å². The predicted molar refractivity (Wildman–Crippen MR) is 145 cm³/mol. The quantitative estimate of drug-likeness (QED) is 0.294. The van der Waals surface area contributed by atoms with Gasteiger partial charge in [0, 0.05) is 6.54 Å². The van der Waals surface area contributed by atoms with Crippen LogP contribution in [0.25, 0.3) is 0 Å². The molecule has 37 heavy (non-hydrogen) atoms. The number of rotatable bonds is 10. The van der Waals surface area contributed by atoms with Gasteiger partial charge in [-0.05, 0) is 34.9 Å². The first kappa shape index (κ1) is 26.4. The van der Waals surface area contributed by atoms with Gasteiger partial charge in [0.2, 0.25) is 15.9 Å². The molecule has 4 aromatic carbocycles. The van der Waals surface area contributed by atoms with Crippen LogP contribution in [-0.4, -0.2) is 32.3 Å². The van der Waals surface area contributed by atoms with E-state index in [0.29, 0.717) is 5.75 Å². The third-order valence-electron chi connectivity index (χ3n) is 5.85. The van der Waals surface area contributed by atoms with Crippen molar-refractivity contribution in [2.24, 2.45) is 0 Å². The maximum atomic E-state index is 13.7. The fourth-order valence-corrected chi connectivity index (χ4v) is 5.72. The van der Waals surface area contributed by atoms with Crippen molar-refractivity contribution in [3.05, 3.63) is 131 Å². The Kier molecular flexibility index (Phi) is 8.61. The number of ether oxygens (including phenoxy) is 1. The molecule has 4 aromatic rings. The average molecular weight is 535 g/mol. The number of methoxy groups -OCH3 is 1. The number of benzene rings is 4. The summed E-state index contributed by atoms with van der Waals surface area (Å²) in [5.41, 5.74) is 2.53. The van der Waals surface area contributed by atoms with Gasteiger partial charge in [-0.2, -0.15) is 4.31 Å². The van der Waals surface area contributed by atoms with Gasteiger partial charge in [-0.25, -0.2) is 8.42 Å². The Bertz CT molecular complexity index is 1390. The summed E-state index contributed by atoms with van der Waals surface area (Å²) in [7, 11) is -2.62. The van der Waals surface area contributed by atoms with E-state index < -0.39 is 22.0 Å². The molecule has 0 atom stereocenters. The van der Waals surface area contributed by atoms with E-state index in [2.05, 4.69) is 5.32 Å². The molecule has 0 unspecified atom stereocenters. The zero-order valence-corrected chi connectivity index (χ0v) is 21.8. The van der Waals surface area contributed by atoms with Gasteiger partial charge in [-0.3, -0.25) is 4.79 Å². The predicted octanol–water partition coefficient (Wildman–Crippen LogP) is 5.45. The monoisotopic (exact) mass is 534 g/mol. The van der Waals surface area contributed by atoms with Gasteiger partial charge in [-0.15, -0.1) is 0 Å². The molecule has 1 N–H and O–H groups in total. The molecular weight excluding hydrogens is 508 g/mol. The first-order valence-electron chi connectivity index (χ1n) is 11.7. The Morgan fingerprint density at radius 1 is 0.865 bits per heavy atom. The van der Waals surface area contributed by atoms with E-state index in [-0.39, 0.29) is 23.0 Å². The highest BCUT2D eigenvalue weighted by molar-refractivity contribution is 7.89. The molecule has 0 aromatic heterocycles. The number of sulfonamides is 1. The lowest BCUT2D eigenvalue weighted by atomic mass is 9.99. The van der Waals surface area contributed by atoms with Gasteiger partial charge in [0.1, 0.15) is 5.75 Å². The van der Waals surface area contributed by atoms with Crippen molar-refractivity contribution in [3.8, 4) is 5.75 Å². The van der Waals surface area contributed by atoms with Crippen molar-refractivity contribution < 1.29 is 17.9 Å². The van der Waals surface area contributed by atoms with Crippen LogP contribution in [0.1, 0.15) is 22.7 Å². The number of nitrogens with one attached hydrogen (secondary N) is 1. The highest BCUT2D eigenvalue weighted by atomic mass is 35.5. The second-order valence-electron chi connectivity index (χ2n) is 8.38. The lowest BCUT2D eigenvalue weighted by Gasteiger charge is -2.25. The van der Waals surface area contributed by atoms with Crippen LogP contribution in [0.5, 0.6) is 5.75 Å². The number of carbonyl (C=O) groups excluding carboxylic acids is 1. The molecule has 4 rings (SSSR count). The molecule has 0 aliphatic carbocycles. The van der Waals surface area contributed by atoms with E-state index in [1.165, 1.54) is 25.3 Å². The SMILES string of the molecule is COc1ccc(S(=O)(=O)N(CC(=O)NC(c2ccccc2)c2ccccc2)Cc2ccccc2)cc1Cl. The van der Waals surface area contributed by atoms with Gasteiger partial charge in [0.15, 0.2) is 0 Å². The first-order chi connectivity index (χ1) is 17.9. The minimum Gasteiger partial charge on any atom is -0.495 e. The molecule has 0 heterocycles. The molecule has 1 amide bonds. The van der Waals surface area contributed by atoms with Crippen LogP contribution < -0.4 is 10.1 Å². The Labute approximate surface area is 222 Å². The number of amides is 1. The lowest BCUT2D eigenvalue weighted by molar-refractivity contribution is -0.121. The van der Waals surface area contributed by atoms with Gasteiger partial charge in [0.25, 0.3) is 0 Å². The van der Waals surface area contributed by atoms with E-state index >= 15 is 0 Å². The second kappa shape index (κ2) is 12.1. The van der Waals surface area contributed by atoms with Crippen LogP contribution in [0.2, 0.25) is 5.02 Å². The number of halogens is 1.